The Morgan fingerprint density at radius 3 is 2.35 bits per heavy atom. The molecule has 2 heterocycles. The number of nitrogens with zero attached hydrogens (tertiary/aromatic N) is 1. The molecule has 1 aromatic rings. The van der Waals surface area contributed by atoms with Crippen LogP contribution >= 0.6 is 11.3 Å². The summed E-state index contributed by atoms with van der Waals surface area (Å²) in [6, 6.07) is 0. The Balaban J connectivity index is 2.14. The molecule has 1 aliphatic rings. The normalized spacial score (nSPS) is 13.7. The quantitative estimate of drug-likeness (QED) is 0.742. The van der Waals surface area contributed by atoms with Gasteiger partial charge in [0.05, 0.1) is 12.2 Å². The zero-order chi connectivity index (χ0) is 19.4. The molecule has 0 bridgehead atoms. The first-order valence-electron chi connectivity index (χ1n) is 7.95. The molecule has 10 heteroatoms. The molecule has 26 heavy (non-hydrogen) atoms. The average molecular weight is 381 g/mol. The third kappa shape index (κ3) is 4.26. The van der Waals surface area contributed by atoms with Crippen molar-refractivity contribution in [1.29, 1.82) is 0 Å². The number of hydrogen-bond donors (Lipinski definition) is 2. The SMILES string of the molecule is CCOC(=O)NC(=O)c1c(NC(=O)CN2C(=O)CCC2=O)sc(C)c1C. The van der Waals surface area contributed by atoms with Gasteiger partial charge < -0.3 is 10.1 Å². The van der Waals surface area contributed by atoms with E-state index in [-0.39, 0.29) is 30.0 Å². The highest BCUT2D eigenvalue weighted by molar-refractivity contribution is 7.16. The van der Waals surface area contributed by atoms with Gasteiger partial charge in [0.15, 0.2) is 0 Å². The molecule has 9 nitrogen and oxygen atoms in total. The van der Waals surface area contributed by atoms with Gasteiger partial charge in [-0.2, -0.15) is 0 Å². The minimum absolute atomic E-state index is 0.0938. The molecule has 1 aromatic heterocycles. The lowest BCUT2D eigenvalue weighted by Gasteiger charge is -2.13. The first-order valence-corrected chi connectivity index (χ1v) is 8.77. The molecule has 2 N–H and O–H groups in total. The van der Waals surface area contributed by atoms with Gasteiger partial charge in [0.25, 0.3) is 5.91 Å². The van der Waals surface area contributed by atoms with Crippen LogP contribution in [0.25, 0.3) is 0 Å². The third-order valence-electron chi connectivity index (χ3n) is 3.81. The zero-order valence-electron chi connectivity index (χ0n) is 14.6. The maximum atomic E-state index is 12.3. The molecule has 140 valence electrons. The second kappa shape index (κ2) is 8.09. The van der Waals surface area contributed by atoms with Gasteiger partial charge in [-0.25, -0.2) is 4.79 Å². The molecule has 0 unspecified atom stereocenters. The van der Waals surface area contributed by atoms with E-state index < -0.39 is 36.3 Å². The molecule has 0 aromatic carbocycles. The Bertz CT molecular complexity index is 769. The topological polar surface area (TPSA) is 122 Å². The first kappa shape index (κ1) is 19.6. The number of alkyl carbamates (subject to hydrolysis) is 1. The van der Waals surface area contributed by atoms with Gasteiger partial charge in [0.1, 0.15) is 11.5 Å². The van der Waals surface area contributed by atoms with Gasteiger partial charge in [0.2, 0.25) is 17.7 Å². The number of hydrogen-bond acceptors (Lipinski definition) is 7. The molecule has 0 saturated carbocycles. The minimum Gasteiger partial charge on any atom is -0.450 e. The van der Waals surface area contributed by atoms with E-state index in [1.54, 1.807) is 20.8 Å². The lowest BCUT2D eigenvalue weighted by Crippen LogP contribution is -2.37. The fourth-order valence-electron chi connectivity index (χ4n) is 2.42. The predicted octanol–water partition coefficient (Wildman–Crippen LogP) is 1.34. The molecule has 0 aliphatic carbocycles. The van der Waals surface area contributed by atoms with E-state index in [4.69, 9.17) is 0 Å². The number of carbonyl (C=O) groups excluding carboxylic acids is 5. The van der Waals surface area contributed by atoms with E-state index in [2.05, 4.69) is 15.4 Å². The van der Waals surface area contributed by atoms with Crippen LogP contribution in [0.5, 0.6) is 0 Å². The largest absolute Gasteiger partial charge is 0.450 e. The molecule has 1 fully saturated rings. The summed E-state index contributed by atoms with van der Waals surface area (Å²) in [5, 5.41) is 4.88. The summed E-state index contributed by atoms with van der Waals surface area (Å²) in [7, 11) is 0. The standard InChI is InChI=1S/C16H19N3O6S/c1-4-25-16(24)18-14(23)13-8(2)9(3)26-15(13)17-10(20)7-19-11(21)5-6-12(19)22/h4-7H2,1-3H3,(H,17,20)(H,18,23,24). The van der Waals surface area contributed by atoms with E-state index in [0.717, 1.165) is 21.1 Å². The molecule has 0 radical (unpaired) electrons. The van der Waals surface area contributed by atoms with Crippen molar-refractivity contribution in [2.24, 2.45) is 0 Å². The summed E-state index contributed by atoms with van der Waals surface area (Å²) < 4.78 is 4.68. The molecule has 5 amide bonds. The number of nitrogens with one attached hydrogen (secondary N) is 2. The van der Waals surface area contributed by atoms with Gasteiger partial charge in [-0.05, 0) is 26.3 Å². The fourth-order valence-corrected chi connectivity index (χ4v) is 3.49. The van der Waals surface area contributed by atoms with E-state index in [0.29, 0.717) is 5.56 Å². The van der Waals surface area contributed by atoms with Crippen molar-refractivity contribution in [2.75, 3.05) is 18.5 Å². The second-order valence-corrected chi connectivity index (χ2v) is 6.81. The Hall–Kier alpha value is -2.75. The van der Waals surface area contributed by atoms with Crippen LogP contribution in [0.15, 0.2) is 0 Å². The lowest BCUT2D eigenvalue weighted by atomic mass is 10.1. The highest BCUT2D eigenvalue weighted by atomic mass is 32.1. The van der Waals surface area contributed by atoms with Crippen molar-refractivity contribution >= 4 is 46.1 Å². The average Bonchev–Trinajstić information content (AvgIpc) is 3.01. The number of carbonyl (C=O) groups is 5. The van der Waals surface area contributed by atoms with Crippen molar-refractivity contribution in [1.82, 2.24) is 10.2 Å². The van der Waals surface area contributed by atoms with Crippen molar-refractivity contribution < 1.29 is 28.7 Å². The van der Waals surface area contributed by atoms with Gasteiger partial charge in [-0.3, -0.25) is 29.4 Å². The minimum atomic E-state index is -0.883. The van der Waals surface area contributed by atoms with Gasteiger partial charge in [0, 0.05) is 17.7 Å². The number of rotatable bonds is 5. The summed E-state index contributed by atoms with van der Waals surface area (Å²) in [5.74, 6) is -2.10. The fraction of sp³-hybridized carbons (Fsp3) is 0.438. The molecule has 1 aliphatic heterocycles. The predicted molar refractivity (Wildman–Crippen MR) is 92.9 cm³/mol. The molecule has 2 rings (SSSR count). The van der Waals surface area contributed by atoms with Crippen LogP contribution in [-0.4, -0.2) is 47.8 Å². The monoisotopic (exact) mass is 381 g/mol. The Kier molecular flexibility index (Phi) is 6.09. The third-order valence-corrected chi connectivity index (χ3v) is 4.94. The number of ether oxygens (including phenoxy) is 1. The van der Waals surface area contributed by atoms with Crippen LogP contribution in [0.3, 0.4) is 0 Å². The molecule has 0 atom stereocenters. The van der Waals surface area contributed by atoms with Crippen molar-refractivity contribution in [2.45, 2.75) is 33.6 Å². The van der Waals surface area contributed by atoms with E-state index in [9.17, 15) is 24.0 Å². The first-order chi connectivity index (χ1) is 12.2. The smallest absolute Gasteiger partial charge is 0.414 e. The molecular weight excluding hydrogens is 362 g/mol. The number of aryl methyl sites for hydroxylation is 1. The summed E-state index contributed by atoms with van der Waals surface area (Å²) in [6.45, 7) is 4.77. The number of anilines is 1. The molecule has 0 spiro atoms. The van der Waals surface area contributed by atoms with Gasteiger partial charge in [-0.1, -0.05) is 0 Å². The van der Waals surface area contributed by atoms with Gasteiger partial charge >= 0.3 is 6.09 Å². The van der Waals surface area contributed by atoms with E-state index in [1.807, 2.05) is 0 Å². The summed E-state index contributed by atoms with van der Waals surface area (Å²) in [6.07, 6.45) is -0.696. The molecule has 1 saturated heterocycles. The maximum absolute atomic E-state index is 12.3. The number of amides is 5. The summed E-state index contributed by atoms with van der Waals surface area (Å²) in [4.78, 5) is 60.9. The Labute approximate surface area is 153 Å². The van der Waals surface area contributed by atoms with E-state index in [1.165, 1.54) is 0 Å². The van der Waals surface area contributed by atoms with Crippen LogP contribution < -0.4 is 10.6 Å². The zero-order valence-corrected chi connectivity index (χ0v) is 15.4. The van der Waals surface area contributed by atoms with Crippen LogP contribution in [0, 0.1) is 13.8 Å². The Morgan fingerprint density at radius 1 is 1.15 bits per heavy atom. The molecular formula is C16H19N3O6S. The number of likely N-dealkylation sites (tertiary alicyclic amines) is 1. The highest BCUT2D eigenvalue weighted by Gasteiger charge is 2.31. The lowest BCUT2D eigenvalue weighted by molar-refractivity contribution is -0.141. The highest BCUT2D eigenvalue weighted by Crippen LogP contribution is 2.32. The number of imide groups is 2. The van der Waals surface area contributed by atoms with Crippen LogP contribution in [0.2, 0.25) is 0 Å². The van der Waals surface area contributed by atoms with Crippen LogP contribution in [0.1, 0.15) is 40.6 Å². The Morgan fingerprint density at radius 2 is 1.77 bits per heavy atom. The van der Waals surface area contributed by atoms with Crippen LogP contribution in [-0.2, 0) is 19.1 Å². The summed E-state index contributed by atoms with van der Waals surface area (Å²) >= 11 is 1.16. The van der Waals surface area contributed by atoms with E-state index >= 15 is 0 Å². The van der Waals surface area contributed by atoms with Gasteiger partial charge in [-0.15, -0.1) is 11.3 Å². The maximum Gasteiger partial charge on any atom is 0.414 e. The number of thiophene rings is 1. The van der Waals surface area contributed by atoms with Crippen molar-refractivity contribution in [3.05, 3.63) is 16.0 Å². The second-order valence-electron chi connectivity index (χ2n) is 5.58. The summed E-state index contributed by atoms with van der Waals surface area (Å²) in [5.41, 5.74) is 0.758. The van der Waals surface area contributed by atoms with Crippen LogP contribution in [0.4, 0.5) is 9.80 Å². The van der Waals surface area contributed by atoms with Crippen molar-refractivity contribution in [3.8, 4) is 0 Å². The van der Waals surface area contributed by atoms with Crippen molar-refractivity contribution in [3.63, 3.8) is 0 Å².